The van der Waals surface area contributed by atoms with E-state index in [1.54, 1.807) is 0 Å². The van der Waals surface area contributed by atoms with Gasteiger partial charge in [0.15, 0.2) is 10.6 Å². The van der Waals surface area contributed by atoms with E-state index in [1.807, 2.05) is 30.3 Å². The van der Waals surface area contributed by atoms with Crippen molar-refractivity contribution in [3.05, 3.63) is 65.7 Å². The van der Waals surface area contributed by atoms with Crippen LogP contribution in [0.5, 0.6) is 0 Å². The highest BCUT2D eigenvalue weighted by molar-refractivity contribution is 7.96. The summed E-state index contributed by atoms with van der Waals surface area (Å²) in [5.74, 6) is 1.60. The molecule has 1 aliphatic carbocycles. The van der Waals surface area contributed by atoms with Crippen molar-refractivity contribution in [1.29, 1.82) is 0 Å². The average Bonchev–Trinajstić information content (AvgIpc) is 2.63. The van der Waals surface area contributed by atoms with Crippen LogP contribution in [0.1, 0.15) is 53.9 Å². The van der Waals surface area contributed by atoms with Gasteiger partial charge >= 0.3 is 0 Å². The molecule has 0 bridgehead atoms. The predicted molar refractivity (Wildman–Crippen MR) is 99.5 cm³/mol. The zero-order valence-corrected chi connectivity index (χ0v) is 14.6. The Hall–Kier alpha value is -1.54. The van der Waals surface area contributed by atoms with E-state index in [0.717, 1.165) is 11.5 Å². The number of Topliss-reactive ketones (excluding diaryl/α,β-unsaturated/α-hetero) is 1. The monoisotopic (exact) mass is 325 g/mol. The molecule has 1 nitrogen and oxygen atoms in total. The standard InChI is InChI=1S/C21H25OS/c1-23(16-21(22)19-10-6-3-7-11-19)20-14-12-18(13-15-20)17-8-4-2-5-9-17/h3,6-7,10-15,17H,2,4-5,8-9,16H2,1H3/q+1. The molecule has 0 saturated heterocycles. The first-order valence-corrected chi connectivity index (χ1v) is 10.3. The van der Waals surface area contributed by atoms with Crippen LogP contribution in [0.2, 0.25) is 0 Å². The lowest BCUT2D eigenvalue weighted by Gasteiger charge is -2.21. The summed E-state index contributed by atoms with van der Waals surface area (Å²) in [6.45, 7) is 0. The van der Waals surface area contributed by atoms with Crippen LogP contribution >= 0.6 is 0 Å². The molecule has 1 saturated carbocycles. The van der Waals surface area contributed by atoms with Gasteiger partial charge in [0.25, 0.3) is 0 Å². The Balaban J connectivity index is 1.63. The number of hydrogen-bond acceptors (Lipinski definition) is 1. The van der Waals surface area contributed by atoms with E-state index in [1.165, 1.54) is 42.6 Å². The van der Waals surface area contributed by atoms with E-state index in [4.69, 9.17) is 0 Å². The second-order valence-corrected chi connectivity index (χ2v) is 8.51. The molecule has 0 heterocycles. The number of rotatable bonds is 5. The third-order valence-corrected chi connectivity index (χ3v) is 6.57. The summed E-state index contributed by atoms with van der Waals surface area (Å²) in [7, 11) is -0.0267. The van der Waals surface area contributed by atoms with Crippen LogP contribution in [-0.4, -0.2) is 17.8 Å². The van der Waals surface area contributed by atoms with Gasteiger partial charge in [-0.2, -0.15) is 0 Å². The molecule has 0 spiro atoms. The van der Waals surface area contributed by atoms with Crippen LogP contribution in [0.4, 0.5) is 0 Å². The van der Waals surface area contributed by atoms with Crippen molar-refractivity contribution in [3.63, 3.8) is 0 Å². The number of carbonyl (C=O) groups is 1. The van der Waals surface area contributed by atoms with Gasteiger partial charge in [-0.05, 0) is 36.5 Å². The van der Waals surface area contributed by atoms with Gasteiger partial charge in [0.05, 0.1) is 0 Å². The van der Waals surface area contributed by atoms with E-state index in [9.17, 15) is 4.79 Å². The fraction of sp³-hybridized carbons (Fsp3) is 0.381. The summed E-state index contributed by atoms with van der Waals surface area (Å²) in [5.41, 5.74) is 2.31. The van der Waals surface area contributed by atoms with E-state index >= 15 is 0 Å². The molecule has 2 aromatic carbocycles. The van der Waals surface area contributed by atoms with E-state index in [0.29, 0.717) is 5.75 Å². The smallest absolute Gasteiger partial charge is 0.212 e. The lowest BCUT2D eigenvalue weighted by molar-refractivity contribution is 0.102. The normalized spacial score (nSPS) is 16.9. The van der Waals surface area contributed by atoms with Gasteiger partial charge < -0.3 is 0 Å². The highest BCUT2D eigenvalue weighted by Crippen LogP contribution is 2.33. The fourth-order valence-corrected chi connectivity index (χ4v) is 4.72. The average molecular weight is 325 g/mol. The number of ketones is 1. The molecule has 0 N–H and O–H groups in total. The summed E-state index contributed by atoms with van der Waals surface area (Å²) in [6, 6.07) is 18.7. The van der Waals surface area contributed by atoms with Crippen LogP contribution in [0.25, 0.3) is 0 Å². The Morgan fingerprint density at radius 3 is 2.26 bits per heavy atom. The largest absolute Gasteiger partial charge is 0.289 e. The molecule has 3 rings (SSSR count). The van der Waals surface area contributed by atoms with Gasteiger partial charge in [0.2, 0.25) is 5.78 Å². The SMILES string of the molecule is C[S+](CC(=O)c1ccccc1)c1ccc(C2CCCCC2)cc1. The van der Waals surface area contributed by atoms with Gasteiger partial charge in [0.1, 0.15) is 6.26 Å². The molecule has 0 amide bonds. The summed E-state index contributed by atoms with van der Waals surface area (Å²) >= 11 is 0. The minimum atomic E-state index is -0.0267. The van der Waals surface area contributed by atoms with Crippen molar-refractivity contribution in [2.24, 2.45) is 0 Å². The summed E-state index contributed by atoms with van der Waals surface area (Å²) in [5, 5.41) is 0. The number of carbonyl (C=O) groups excluding carboxylic acids is 1. The maximum absolute atomic E-state index is 12.3. The molecule has 23 heavy (non-hydrogen) atoms. The maximum atomic E-state index is 12.3. The summed E-state index contributed by atoms with van der Waals surface area (Å²) < 4.78 is 0. The fourth-order valence-electron chi connectivity index (χ4n) is 3.40. The zero-order chi connectivity index (χ0) is 16.1. The van der Waals surface area contributed by atoms with Crippen molar-refractivity contribution >= 4 is 16.7 Å². The first-order valence-electron chi connectivity index (χ1n) is 8.55. The molecule has 0 aromatic heterocycles. The van der Waals surface area contributed by atoms with Gasteiger partial charge in [-0.3, -0.25) is 4.79 Å². The van der Waals surface area contributed by atoms with E-state index < -0.39 is 0 Å². The highest BCUT2D eigenvalue weighted by Gasteiger charge is 2.22. The zero-order valence-electron chi connectivity index (χ0n) is 13.8. The number of hydrogen-bond donors (Lipinski definition) is 0. The third-order valence-electron chi connectivity index (χ3n) is 4.80. The number of benzene rings is 2. The van der Waals surface area contributed by atoms with Crippen LogP contribution in [0.15, 0.2) is 59.5 Å². The van der Waals surface area contributed by atoms with Crippen LogP contribution in [-0.2, 0) is 10.9 Å². The van der Waals surface area contributed by atoms with Crippen molar-refractivity contribution in [2.75, 3.05) is 12.0 Å². The van der Waals surface area contributed by atoms with Gasteiger partial charge in [-0.15, -0.1) is 0 Å². The van der Waals surface area contributed by atoms with Crippen molar-refractivity contribution in [3.8, 4) is 0 Å². The van der Waals surface area contributed by atoms with Crippen molar-refractivity contribution in [1.82, 2.24) is 0 Å². The molecule has 1 aliphatic rings. The van der Waals surface area contributed by atoms with Gasteiger partial charge in [0, 0.05) is 16.5 Å². The van der Waals surface area contributed by atoms with Crippen LogP contribution < -0.4 is 0 Å². The van der Waals surface area contributed by atoms with Gasteiger partial charge in [-0.25, -0.2) is 0 Å². The lowest BCUT2D eigenvalue weighted by Crippen LogP contribution is -2.15. The molecule has 0 aliphatic heterocycles. The van der Waals surface area contributed by atoms with E-state index in [-0.39, 0.29) is 16.7 Å². The lowest BCUT2D eigenvalue weighted by atomic mass is 9.84. The summed E-state index contributed by atoms with van der Waals surface area (Å²) in [4.78, 5) is 13.6. The highest BCUT2D eigenvalue weighted by atomic mass is 32.2. The van der Waals surface area contributed by atoms with Crippen LogP contribution in [0.3, 0.4) is 0 Å². The predicted octanol–water partition coefficient (Wildman–Crippen LogP) is 5.22. The topological polar surface area (TPSA) is 17.1 Å². The Morgan fingerprint density at radius 2 is 1.61 bits per heavy atom. The summed E-state index contributed by atoms with van der Waals surface area (Å²) in [6.07, 6.45) is 8.99. The molecule has 1 atom stereocenters. The molecule has 120 valence electrons. The minimum absolute atomic E-state index is 0.0267. The Kier molecular flexibility index (Phi) is 5.56. The molecule has 1 fully saturated rings. The first kappa shape index (κ1) is 16.3. The van der Waals surface area contributed by atoms with Gasteiger partial charge in [-0.1, -0.05) is 61.7 Å². The molecule has 1 unspecified atom stereocenters. The Bertz CT molecular complexity index is 627. The first-order chi connectivity index (χ1) is 11.2. The molecule has 2 heteroatoms. The van der Waals surface area contributed by atoms with E-state index in [2.05, 4.69) is 30.5 Å². The van der Waals surface area contributed by atoms with Crippen molar-refractivity contribution in [2.45, 2.75) is 42.9 Å². The quantitative estimate of drug-likeness (QED) is 0.544. The Labute approximate surface area is 142 Å². The maximum Gasteiger partial charge on any atom is 0.212 e. The molecular weight excluding hydrogens is 300 g/mol. The Morgan fingerprint density at radius 1 is 0.957 bits per heavy atom. The van der Waals surface area contributed by atoms with Crippen molar-refractivity contribution < 1.29 is 4.79 Å². The molecule has 2 aromatic rings. The minimum Gasteiger partial charge on any atom is -0.289 e. The second kappa shape index (κ2) is 7.83. The third kappa shape index (κ3) is 4.26. The molecular formula is C21H25OS+. The molecule has 0 radical (unpaired) electrons. The second-order valence-electron chi connectivity index (χ2n) is 6.47. The van der Waals surface area contributed by atoms with Crippen LogP contribution in [0, 0.1) is 0 Å².